The van der Waals surface area contributed by atoms with Crippen LogP contribution in [0.2, 0.25) is 0 Å². The van der Waals surface area contributed by atoms with E-state index in [0.717, 1.165) is 30.6 Å². The van der Waals surface area contributed by atoms with E-state index in [4.69, 9.17) is 4.42 Å². The van der Waals surface area contributed by atoms with E-state index in [2.05, 4.69) is 11.9 Å². The molecular formula is C19H19NO3. The number of carboxylic acids is 1. The first-order valence-corrected chi connectivity index (χ1v) is 7.82. The zero-order valence-corrected chi connectivity index (χ0v) is 13.3. The summed E-state index contributed by atoms with van der Waals surface area (Å²) in [5, 5.41) is 10.2. The number of carboxylic acid groups (broad SMARTS) is 1. The molecule has 0 radical (unpaired) electrons. The molecule has 1 aromatic carbocycles. The van der Waals surface area contributed by atoms with Crippen molar-refractivity contribution in [3.05, 3.63) is 53.3 Å². The Morgan fingerprint density at radius 3 is 2.70 bits per heavy atom. The molecule has 0 spiro atoms. The molecule has 4 nitrogen and oxygen atoms in total. The highest BCUT2D eigenvalue weighted by Gasteiger charge is 2.15. The molecular weight excluding hydrogens is 290 g/mol. The zero-order chi connectivity index (χ0) is 16.4. The fraction of sp³-hybridized carbons (Fsp3) is 0.263. The lowest BCUT2D eigenvalue weighted by molar-refractivity contribution is 0.0699. The molecule has 0 saturated heterocycles. The fourth-order valence-electron chi connectivity index (χ4n) is 2.68. The molecule has 0 aliphatic rings. The Morgan fingerprint density at radius 1 is 1.22 bits per heavy atom. The van der Waals surface area contributed by atoms with E-state index >= 15 is 0 Å². The topological polar surface area (TPSA) is 63.3 Å². The average Bonchev–Trinajstić information content (AvgIpc) is 2.98. The predicted octanol–water partition coefficient (Wildman–Crippen LogP) is 4.84. The van der Waals surface area contributed by atoms with Gasteiger partial charge < -0.3 is 9.52 Å². The van der Waals surface area contributed by atoms with Crippen LogP contribution in [0.25, 0.3) is 22.4 Å². The maximum atomic E-state index is 11.7. The molecule has 0 aliphatic heterocycles. The van der Waals surface area contributed by atoms with Gasteiger partial charge in [-0.2, -0.15) is 0 Å². The first-order chi connectivity index (χ1) is 11.1. The SMILES string of the molecule is CCCCc1ccc2nc(-c3ccc(C)o3)cc(C(=O)O)c2c1. The number of carbonyl (C=O) groups is 1. The van der Waals surface area contributed by atoms with Crippen molar-refractivity contribution in [1.82, 2.24) is 4.98 Å². The van der Waals surface area contributed by atoms with Gasteiger partial charge in [-0.15, -0.1) is 0 Å². The molecule has 3 aromatic rings. The van der Waals surface area contributed by atoms with Crippen molar-refractivity contribution >= 4 is 16.9 Å². The van der Waals surface area contributed by atoms with Crippen molar-refractivity contribution in [2.75, 3.05) is 0 Å². The lowest BCUT2D eigenvalue weighted by atomic mass is 10.0. The standard InChI is InChI=1S/C19H19NO3/c1-3-4-5-13-7-8-16-14(10-13)15(19(21)22)11-17(20-16)18-9-6-12(2)23-18/h6-11H,3-5H2,1-2H3,(H,21,22). The number of benzene rings is 1. The van der Waals surface area contributed by atoms with E-state index in [1.165, 1.54) is 0 Å². The van der Waals surface area contributed by atoms with Crippen LogP contribution < -0.4 is 0 Å². The smallest absolute Gasteiger partial charge is 0.336 e. The fourth-order valence-corrected chi connectivity index (χ4v) is 2.68. The van der Waals surface area contributed by atoms with Crippen LogP contribution in [0.3, 0.4) is 0 Å². The van der Waals surface area contributed by atoms with Gasteiger partial charge in [0.05, 0.1) is 11.1 Å². The van der Waals surface area contributed by atoms with E-state index in [9.17, 15) is 9.90 Å². The van der Waals surface area contributed by atoms with E-state index < -0.39 is 5.97 Å². The summed E-state index contributed by atoms with van der Waals surface area (Å²) in [5.74, 6) is 0.408. The second-order valence-corrected chi connectivity index (χ2v) is 5.73. The zero-order valence-electron chi connectivity index (χ0n) is 13.3. The summed E-state index contributed by atoms with van der Waals surface area (Å²) in [6.45, 7) is 3.99. The van der Waals surface area contributed by atoms with Crippen LogP contribution in [0.4, 0.5) is 0 Å². The molecule has 1 N–H and O–H groups in total. The summed E-state index contributed by atoms with van der Waals surface area (Å²) >= 11 is 0. The van der Waals surface area contributed by atoms with Crippen molar-refractivity contribution < 1.29 is 14.3 Å². The summed E-state index contributed by atoms with van der Waals surface area (Å²) in [6, 6.07) is 11.1. The number of pyridine rings is 1. The normalized spacial score (nSPS) is 11.0. The van der Waals surface area contributed by atoms with Gasteiger partial charge in [0, 0.05) is 5.39 Å². The van der Waals surface area contributed by atoms with E-state index in [1.807, 2.05) is 37.3 Å². The number of hydrogen-bond acceptors (Lipinski definition) is 3. The minimum absolute atomic E-state index is 0.261. The molecule has 2 aromatic heterocycles. The maximum Gasteiger partial charge on any atom is 0.336 e. The molecule has 0 unspecified atom stereocenters. The predicted molar refractivity (Wildman–Crippen MR) is 89.8 cm³/mol. The lowest BCUT2D eigenvalue weighted by Crippen LogP contribution is -2.01. The molecule has 4 heteroatoms. The second kappa shape index (κ2) is 6.24. The third-order valence-corrected chi connectivity index (χ3v) is 3.92. The van der Waals surface area contributed by atoms with Gasteiger partial charge in [0.25, 0.3) is 0 Å². The third kappa shape index (κ3) is 3.11. The molecule has 0 amide bonds. The Hall–Kier alpha value is -2.62. The highest BCUT2D eigenvalue weighted by Crippen LogP contribution is 2.27. The number of rotatable bonds is 5. The maximum absolute atomic E-state index is 11.7. The van der Waals surface area contributed by atoms with E-state index in [0.29, 0.717) is 22.4 Å². The summed E-state index contributed by atoms with van der Waals surface area (Å²) < 4.78 is 5.57. The Labute approximate surface area is 134 Å². The molecule has 0 saturated carbocycles. The van der Waals surface area contributed by atoms with Crippen molar-refractivity contribution in [3.8, 4) is 11.5 Å². The van der Waals surface area contributed by atoms with E-state index in [-0.39, 0.29) is 5.56 Å². The first-order valence-electron chi connectivity index (χ1n) is 7.82. The Kier molecular flexibility index (Phi) is 4.15. The summed E-state index contributed by atoms with van der Waals surface area (Å²) in [4.78, 5) is 16.2. The van der Waals surface area contributed by atoms with Crippen molar-refractivity contribution in [2.24, 2.45) is 0 Å². The van der Waals surface area contributed by atoms with Gasteiger partial charge in [0.2, 0.25) is 0 Å². The quantitative estimate of drug-likeness (QED) is 0.732. The van der Waals surface area contributed by atoms with Crippen LogP contribution in [0.5, 0.6) is 0 Å². The lowest BCUT2D eigenvalue weighted by Gasteiger charge is -2.08. The van der Waals surface area contributed by atoms with Gasteiger partial charge in [0.1, 0.15) is 11.5 Å². The van der Waals surface area contributed by atoms with Gasteiger partial charge in [0.15, 0.2) is 5.76 Å². The molecule has 2 heterocycles. The summed E-state index contributed by atoms with van der Waals surface area (Å²) in [7, 11) is 0. The summed E-state index contributed by atoms with van der Waals surface area (Å²) in [5.41, 5.74) is 2.63. The van der Waals surface area contributed by atoms with Crippen molar-refractivity contribution in [2.45, 2.75) is 33.1 Å². The van der Waals surface area contributed by atoms with Crippen LogP contribution in [-0.2, 0) is 6.42 Å². The number of unbranched alkanes of at least 4 members (excludes halogenated alkanes) is 1. The first kappa shape index (κ1) is 15.3. The minimum Gasteiger partial charge on any atom is -0.478 e. The number of fused-ring (bicyclic) bond motifs is 1. The average molecular weight is 309 g/mol. The molecule has 3 rings (SSSR count). The monoisotopic (exact) mass is 309 g/mol. The van der Waals surface area contributed by atoms with Gasteiger partial charge in [-0.3, -0.25) is 0 Å². The van der Waals surface area contributed by atoms with Crippen LogP contribution in [0.15, 0.2) is 40.8 Å². The molecule has 0 bridgehead atoms. The largest absolute Gasteiger partial charge is 0.478 e. The molecule has 0 aliphatic carbocycles. The van der Waals surface area contributed by atoms with Crippen LogP contribution in [-0.4, -0.2) is 16.1 Å². The van der Waals surface area contributed by atoms with Gasteiger partial charge in [-0.05, 0) is 55.7 Å². The van der Waals surface area contributed by atoms with Gasteiger partial charge in [-0.1, -0.05) is 19.4 Å². The van der Waals surface area contributed by atoms with E-state index in [1.54, 1.807) is 6.07 Å². The number of aromatic carboxylic acids is 1. The van der Waals surface area contributed by atoms with Crippen LogP contribution in [0.1, 0.15) is 41.4 Å². The second-order valence-electron chi connectivity index (χ2n) is 5.73. The Morgan fingerprint density at radius 2 is 2.04 bits per heavy atom. The summed E-state index contributed by atoms with van der Waals surface area (Å²) in [6.07, 6.45) is 3.15. The highest BCUT2D eigenvalue weighted by molar-refractivity contribution is 6.03. The van der Waals surface area contributed by atoms with Crippen LogP contribution >= 0.6 is 0 Å². The minimum atomic E-state index is -0.949. The van der Waals surface area contributed by atoms with Gasteiger partial charge >= 0.3 is 5.97 Å². The number of aromatic nitrogens is 1. The number of aryl methyl sites for hydroxylation is 2. The van der Waals surface area contributed by atoms with Crippen LogP contribution in [0, 0.1) is 6.92 Å². The molecule has 0 fully saturated rings. The molecule has 23 heavy (non-hydrogen) atoms. The Balaban J connectivity index is 2.15. The molecule has 118 valence electrons. The Bertz CT molecular complexity index is 864. The van der Waals surface area contributed by atoms with Crippen molar-refractivity contribution in [1.29, 1.82) is 0 Å². The number of nitrogens with zero attached hydrogens (tertiary/aromatic N) is 1. The highest BCUT2D eigenvalue weighted by atomic mass is 16.4. The number of hydrogen-bond donors (Lipinski definition) is 1. The van der Waals surface area contributed by atoms with Gasteiger partial charge in [-0.25, -0.2) is 9.78 Å². The molecule has 0 atom stereocenters. The van der Waals surface area contributed by atoms with Crippen molar-refractivity contribution in [3.63, 3.8) is 0 Å². The third-order valence-electron chi connectivity index (χ3n) is 3.92. The number of furan rings is 1.